The fourth-order valence-electron chi connectivity index (χ4n) is 2.59. The predicted octanol–water partition coefficient (Wildman–Crippen LogP) is 2.03. The Kier molecular flexibility index (Phi) is 4.18. The SMILES string of the molecule is CC(C)(OC(=O)c1ccc(O)cc1O)C1CCNCC1. The second-order valence-electron chi connectivity index (χ2n) is 5.72. The maximum atomic E-state index is 12.2. The van der Waals surface area contributed by atoms with Crippen LogP contribution in [-0.2, 0) is 4.74 Å². The van der Waals surface area contributed by atoms with Crippen LogP contribution in [0.5, 0.6) is 11.5 Å². The third-order valence-electron chi connectivity index (χ3n) is 3.88. The van der Waals surface area contributed by atoms with Crippen LogP contribution < -0.4 is 5.32 Å². The van der Waals surface area contributed by atoms with Gasteiger partial charge in [-0.3, -0.25) is 0 Å². The number of carbonyl (C=O) groups is 1. The zero-order valence-corrected chi connectivity index (χ0v) is 11.8. The van der Waals surface area contributed by atoms with Crippen molar-refractivity contribution in [3.8, 4) is 11.5 Å². The molecule has 0 bridgehead atoms. The van der Waals surface area contributed by atoms with Crippen LogP contribution in [-0.4, -0.2) is 34.9 Å². The van der Waals surface area contributed by atoms with Crippen molar-refractivity contribution in [3.05, 3.63) is 23.8 Å². The lowest BCUT2D eigenvalue weighted by Gasteiger charge is -2.36. The Bertz CT molecular complexity index is 493. The summed E-state index contributed by atoms with van der Waals surface area (Å²) in [6.07, 6.45) is 1.92. The highest BCUT2D eigenvalue weighted by Gasteiger charge is 2.34. The summed E-state index contributed by atoms with van der Waals surface area (Å²) in [6, 6.07) is 3.85. The Morgan fingerprint density at radius 1 is 1.30 bits per heavy atom. The van der Waals surface area contributed by atoms with Gasteiger partial charge < -0.3 is 20.3 Å². The molecule has 0 amide bonds. The van der Waals surface area contributed by atoms with Crippen molar-refractivity contribution in [1.29, 1.82) is 0 Å². The smallest absolute Gasteiger partial charge is 0.342 e. The van der Waals surface area contributed by atoms with Crippen LogP contribution in [0.25, 0.3) is 0 Å². The number of aromatic hydroxyl groups is 2. The van der Waals surface area contributed by atoms with Gasteiger partial charge in [0.2, 0.25) is 0 Å². The lowest BCUT2D eigenvalue weighted by molar-refractivity contribution is -0.0369. The quantitative estimate of drug-likeness (QED) is 0.738. The number of esters is 1. The van der Waals surface area contributed by atoms with Gasteiger partial charge in [-0.15, -0.1) is 0 Å². The Morgan fingerprint density at radius 3 is 2.55 bits per heavy atom. The van der Waals surface area contributed by atoms with Crippen LogP contribution in [0, 0.1) is 5.92 Å². The normalized spacial score (nSPS) is 16.9. The molecule has 0 radical (unpaired) electrons. The van der Waals surface area contributed by atoms with Gasteiger partial charge in [-0.05, 0) is 51.9 Å². The lowest BCUT2D eigenvalue weighted by Crippen LogP contribution is -2.42. The van der Waals surface area contributed by atoms with E-state index < -0.39 is 11.6 Å². The molecular formula is C15H21NO4. The number of phenolic OH excluding ortho intramolecular Hbond substituents is 2. The van der Waals surface area contributed by atoms with Crippen LogP contribution in [0.3, 0.4) is 0 Å². The Hall–Kier alpha value is -1.75. The van der Waals surface area contributed by atoms with Crippen molar-refractivity contribution >= 4 is 5.97 Å². The van der Waals surface area contributed by atoms with Crippen LogP contribution in [0.2, 0.25) is 0 Å². The van der Waals surface area contributed by atoms with Gasteiger partial charge in [0.1, 0.15) is 22.7 Å². The molecule has 0 aliphatic carbocycles. The second kappa shape index (κ2) is 5.71. The molecule has 1 heterocycles. The van der Waals surface area contributed by atoms with E-state index in [-0.39, 0.29) is 17.1 Å². The number of hydrogen-bond acceptors (Lipinski definition) is 5. The number of piperidine rings is 1. The first kappa shape index (κ1) is 14.7. The number of rotatable bonds is 3. The van der Waals surface area contributed by atoms with Gasteiger partial charge in [-0.2, -0.15) is 0 Å². The molecule has 1 aliphatic heterocycles. The summed E-state index contributed by atoms with van der Waals surface area (Å²) in [5.41, 5.74) is -0.506. The summed E-state index contributed by atoms with van der Waals surface area (Å²) < 4.78 is 5.58. The Morgan fingerprint density at radius 2 is 1.95 bits per heavy atom. The van der Waals surface area contributed by atoms with Crippen LogP contribution in [0.4, 0.5) is 0 Å². The third kappa shape index (κ3) is 3.22. The summed E-state index contributed by atoms with van der Waals surface area (Å²) in [6.45, 7) is 5.66. The van der Waals surface area contributed by atoms with Crippen LogP contribution in [0.15, 0.2) is 18.2 Å². The number of hydrogen-bond donors (Lipinski definition) is 3. The lowest BCUT2D eigenvalue weighted by atomic mass is 9.83. The Balaban J connectivity index is 2.09. The van der Waals surface area contributed by atoms with Gasteiger partial charge >= 0.3 is 5.97 Å². The van der Waals surface area contributed by atoms with Gasteiger partial charge in [0.25, 0.3) is 0 Å². The molecule has 5 nitrogen and oxygen atoms in total. The van der Waals surface area contributed by atoms with Crippen molar-refractivity contribution in [1.82, 2.24) is 5.32 Å². The van der Waals surface area contributed by atoms with Crippen LogP contribution in [0.1, 0.15) is 37.0 Å². The maximum absolute atomic E-state index is 12.2. The van der Waals surface area contributed by atoms with E-state index in [4.69, 9.17) is 4.74 Å². The highest BCUT2D eigenvalue weighted by Crippen LogP contribution is 2.31. The van der Waals surface area contributed by atoms with Crippen molar-refractivity contribution in [2.75, 3.05) is 13.1 Å². The first-order valence-corrected chi connectivity index (χ1v) is 6.86. The zero-order chi connectivity index (χ0) is 14.8. The van der Waals surface area contributed by atoms with Gasteiger partial charge in [-0.1, -0.05) is 0 Å². The summed E-state index contributed by atoms with van der Waals surface area (Å²) in [5, 5.41) is 22.2. The topological polar surface area (TPSA) is 78.8 Å². The van der Waals surface area contributed by atoms with E-state index in [0.717, 1.165) is 32.0 Å². The van der Waals surface area contributed by atoms with Gasteiger partial charge in [0, 0.05) is 12.0 Å². The van der Waals surface area contributed by atoms with E-state index in [1.807, 2.05) is 13.8 Å². The number of ether oxygens (including phenoxy) is 1. The molecule has 2 rings (SSSR count). The summed E-state index contributed by atoms with van der Waals surface area (Å²) in [5.74, 6) is -0.620. The number of carbonyl (C=O) groups excluding carboxylic acids is 1. The third-order valence-corrected chi connectivity index (χ3v) is 3.88. The van der Waals surface area contributed by atoms with E-state index in [1.54, 1.807) is 0 Å². The molecule has 0 atom stereocenters. The van der Waals surface area contributed by atoms with Gasteiger partial charge in [0.05, 0.1) is 0 Å². The maximum Gasteiger partial charge on any atom is 0.342 e. The second-order valence-corrected chi connectivity index (χ2v) is 5.72. The highest BCUT2D eigenvalue weighted by atomic mass is 16.6. The molecule has 0 unspecified atom stereocenters. The molecule has 1 aliphatic rings. The molecule has 1 aromatic rings. The average molecular weight is 279 g/mol. The van der Waals surface area contributed by atoms with Crippen molar-refractivity contribution < 1.29 is 19.7 Å². The molecule has 20 heavy (non-hydrogen) atoms. The van der Waals surface area contributed by atoms with Gasteiger partial charge in [0.15, 0.2) is 0 Å². The predicted molar refractivity (Wildman–Crippen MR) is 74.9 cm³/mol. The fourth-order valence-corrected chi connectivity index (χ4v) is 2.59. The van der Waals surface area contributed by atoms with Crippen LogP contribution >= 0.6 is 0 Å². The molecule has 0 aromatic heterocycles. The highest BCUT2D eigenvalue weighted by molar-refractivity contribution is 5.92. The van der Waals surface area contributed by atoms with E-state index in [0.29, 0.717) is 5.92 Å². The molecule has 0 saturated carbocycles. The molecule has 3 N–H and O–H groups in total. The number of nitrogens with one attached hydrogen (secondary N) is 1. The number of benzene rings is 1. The van der Waals surface area contributed by atoms with E-state index in [1.165, 1.54) is 12.1 Å². The van der Waals surface area contributed by atoms with E-state index in [9.17, 15) is 15.0 Å². The Labute approximate surface area is 118 Å². The van der Waals surface area contributed by atoms with E-state index >= 15 is 0 Å². The fraction of sp³-hybridized carbons (Fsp3) is 0.533. The molecule has 1 aromatic carbocycles. The molecule has 1 fully saturated rings. The zero-order valence-electron chi connectivity index (χ0n) is 11.8. The molecule has 1 saturated heterocycles. The molecule has 5 heteroatoms. The molecular weight excluding hydrogens is 258 g/mol. The summed E-state index contributed by atoms with van der Waals surface area (Å²) in [7, 11) is 0. The monoisotopic (exact) mass is 279 g/mol. The summed E-state index contributed by atoms with van der Waals surface area (Å²) >= 11 is 0. The molecule has 110 valence electrons. The van der Waals surface area contributed by atoms with Crippen molar-refractivity contribution in [2.24, 2.45) is 5.92 Å². The minimum absolute atomic E-state index is 0.0739. The van der Waals surface area contributed by atoms with Crippen molar-refractivity contribution in [2.45, 2.75) is 32.3 Å². The van der Waals surface area contributed by atoms with E-state index in [2.05, 4.69) is 5.32 Å². The molecule has 0 spiro atoms. The first-order chi connectivity index (χ1) is 9.40. The summed E-state index contributed by atoms with van der Waals surface area (Å²) in [4.78, 5) is 12.2. The van der Waals surface area contributed by atoms with Crippen molar-refractivity contribution in [3.63, 3.8) is 0 Å². The number of phenols is 2. The van der Waals surface area contributed by atoms with Gasteiger partial charge in [-0.25, -0.2) is 4.79 Å². The average Bonchev–Trinajstić information content (AvgIpc) is 2.39. The minimum Gasteiger partial charge on any atom is -0.508 e. The standard InChI is InChI=1S/C15H21NO4/c1-15(2,10-5-7-16-8-6-10)20-14(19)12-4-3-11(17)9-13(12)18/h3-4,9-10,16-18H,5-8H2,1-2H3. The largest absolute Gasteiger partial charge is 0.508 e. The first-order valence-electron chi connectivity index (χ1n) is 6.86. The minimum atomic E-state index is -0.580.